The van der Waals surface area contributed by atoms with Gasteiger partial charge in [-0.3, -0.25) is 9.62 Å². The highest BCUT2D eigenvalue weighted by Gasteiger charge is 2.45. The second kappa shape index (κ2) is 8.46. The molecule has 7 nitrogen and oxygen atoms in total. The summed E-state index contributed by atoms with van der Waals surface area (Å²) in [5.74, 6) is -0.931. The Morgan fingerprint density at radius 1 is 1.24 bits per heavy atom. The molecular weight excluding hydrogens is 447 g/mol. The highest BCUT2D eigenvalue weighted by molar-refractivity contribution is 7.92. The van der Waals surface area contributed by atoms with Crippen molar-refractivity contribution in [3.8, 4) is 5.75 Å². The third kappa shape index (κ3) is 4.35. The Bertz CT molecular complexity index is 1240. The van der Waals surface area contributed by atoms with Crippen molar-refractivity contribution in [2.75, 3.05) is 31.0 Å². The van der Waals surface area contributed by atoms with Crippen molar-refractivity contribution >= 4 is 27.8 Å². The monoisotopic (exact) mass is 472 g/mol. The normalized spacial score (nSPS) is 22.0. The molecule has 2 heterocycles. The first-order valence-electron chi connectivity index (χ1n) is 11.1. The Hall–Kier alpha value is -2.91. The maximum absolute atomic E-state index is 13.9. The number of carboxylic acids is 1. The first kappa shape index (κ1) is 21.9. The maximum atomic E-state index is 13.9. The number of sulfonamides is 1. The summed E-state index contributed by atoms with van der Waals surface area (Å²) in [6.07, 6.45) is 6.63. The molecule has 0 spiro atoms. The minimum atomic E-state index is -4.20. The Morgan fingerprint density at radius 3 is 2.79 bits per heavy atom. The van der Waals surface area contributed by atoms with Crippen LogP contribution in [0.15, 0.2) is 41.3 Å². The van der Waals surface area contributed by atoms with Crippen LogP contribution in [0.1, 0.15) is 46.7 Å². The smallest absolute Gasteiger partial charge is 0.341 e. The van der Waals surface area contributed by atoms with Crippen LogP contribution in [0.25, 0.3) is 6.08 Å². The molecule has 5 rings (SSSR count). The van der Waals surface area contributed by atoms with Crippen LogP contribution in [0.4, 0.5) is 10.1 Å². The van der Waals surface area contributed by atoms with Crippen LogP contribution in [0.3, 0.4) is 0 Å². The molecule has 2 aromatic rings. The number of hydrogen-bond donors (Lipinski definition) is 2. The van der Waals surface area contributed by atoms with Gasteiger partial charge in [-0.1, -0.05) is 18.2 Å². The van der Waals surface area contributed by atoms with Gasteiger partial charge in [-0.15, -0.1) is 0 Å². The van der Waals surface area contributed by atoms with Crippen molar-refractivity contribution in [2.24, 2.45) is 5.92 Å². The zero-order chi connectivity index (χ0) is 23.2. The van der Waals surface area contributed by atoms with Gasteiger partial charge < -0.3 is 9.84 Å². The molecule has 2 aliphatic heterocycles. The number of nitrogens with zero attached hydrogens (tertiary/aromatic N) is 1. The number of likely N-dealkylation sites (tertiary alicyclic amines) is 1. The first-order chi connectivity index (χ1) is 15.8. The van der Waals surface area contributed by atoms with E-state index in [-0.39, 0.29) is 33.4 Å². The number of halogens is 1. The van der Waals surface area contributed by atoms with E-state index < -0.39 is 21.8 Å². The Balaban J connectivity index is 1.46. The summed E-state index contributed by atoms with van der Waals surface area (Å²) in [6.45, 7) is 3.05. The molecule has 1 saturated carbocycles. The highest BCUT2D eigenvalue weighted by Crippen LogP contribution is 2.55. The minimum absolute atomic E-state index is 0.0725. The summed E-state index contributed by atoms with van der Waals surface area (Å²) in [7, 11) is -4.20. The standard InChI is InChI=1S/C24H25FN2O5S/c25-17-5-8-21(15(12-17)4-3-11-27-9-1-2-10-27)33(30,31)26-20-7-6-18-19-13-16(19)14-32-23(18)22(20)24(28)29/h3-8,12,16,19,26H,1-2,9-11,13-14H2,(H,28,29)/b4-3-/t16-,19-/m1/s1. The number of hydrogen-bond acceptors (Lipinski definition) is 5. The van der Waals surface area contributed by atoms with E-state index in [0.717, 1.165) is 50.0 Å². The number of carbonyl (C=O) groups is 1. The summed E-state index contributed by atoms with van der Waals surface area (Å²) in [4.78, 5) is 14.1. The van der Waals surface area contributed by atoms with E-state index in [0.29, 0.717) is 19.1 Å². The third-order valence-corrected chi connectivity index (χ3v) is 7.97. The predicted molar refractivity (Wildman–Crippen MR) is 122 cm³/mol. The van der Waals surface area contributed by atoms with Gasteiger partial charge in [0.2, 0.25) is 0 Å². The molecule has 2 atom stereocenters. The molecule has 2 N–H and O–H groups in total. The number of anilines is 1. The van der Waals surface area contributed by atoms with Crippen LogP contribution in [0, 0.1) is 11.7 Å². The van der Waals surface area contributed by atoms with Gasteiger partial charge in [0.1, 0.15) is 17.1 Å². The summed E-state index contributed by atoms with van der Waals surface area (Å²) in [6, 6.07) is 6.63. The number of aromatic carboxylic acids is 1. The zero-order valence-electron chi connectivity index (χ0n) is 18.0. The maximum Gasteiger partial charge on any atom is 0.341 e. The average molecular weight is 473 g/mol. The van der Waals surface area contributed by atoms with Crippen molar-refractivity contribution in [3.05, 3.63) is 58.9 Å². The lowest BCUT2D eigenvalue weighted by atomic mass is 10.0. The first-order valence-corrected chi connectivity index (χ1v) is 12.6. The van der Waals surface area contributed by atoms with E-state index in [2.05, 4.69) is 9.62 Å². The number of nitrogens with one attached hydrogen (secondary N) is 1. The second-order valence-electron chi connectivity index (χ2n) is 8.82. The lowest BCUT2D eigenvalue weighted by molar-refractivity contribution is 0.0692. The SMILES string of the molecule is O=C(O)c1c(NS(=O)(=O)c2ccc(F)cc2/C=C\CN2CCCC2)ccc2c1OC[C@H]1C[C@@H]21. The van der Waals surface area contributed by atoms with Gasteiger partial charge in [0.15, 0.2) is 0 Å². The van der Waals surface area contributed by atoms with Gasteiger partial charge in [0.25, 0.3) is 10.0 Å². The lowest BCUT2D eigenvalue weighted by Crippen LogP contribution is -2.20. The van der Waals surface area contributed by atoms with Crippen molar-refractivity contribution in [3.63, 3.8) is 0 Å². The number of carboxylic acid groups (broad SMARTS) is 1. The van der Waals surface area contributed by atoms with Crippen LogP contribution in [-0.2, 0) is 10.0 Å². The molecule has 2 aromatic carbocycles. The molecule has 1 saturated heterocycles. The van der Waals surface area contributed by atoms with Gasteiger partial charge in [0, 0.05) is 12.5 Å². The largest absolute Gasteiger partial charge is 0.492 e. The second-order valence-corrected chi connectivity index (χ2v) is 10.5. The van der Waals surface area contributed by atoms with Crippen LogP contribution in [-0.4, -0.2) is 50.6 Å². The summed E-state index contributed by atoms with van der Waals surface area (Å²) < 4.78 is 48.5. The van der Waals surface area contributed by atoms with Crippen LogP contribution in [0.5, 0.6) is 5.75 Å². The average Bonchev–Trinajstić information content (AvgIpc) is 3.38. The zero-order valence-corrected chi connectivity index (χ0v) is 18.8. The van der Waals surface area contributed by atoms with E-state index in [1.165, 1.54) is 12.1 Å². The number of benzene rings is 2. The van der Waals surface area contributed by atoms with Gasteiger partial charge >= 0.3 is 5.97 Å². The molecule has 0 amide bonds. The van der Waals surface area contributed by atoms with E-state index >= 15 is 0 Å². The fourth-order valence-corrected chi connectivity index (χ4v) is 5.99. The minimum Gasteiger partial charge on any atom is -0.492 e. The molecule has 0 unspecified atom stereocenters. The molecule has 0 radical (unpaired) electrons. The molecule has 0 bridgehead atoms. The van der Waals surface area contributed by atoms with Crippen molar-refractivity contribution in [1.82, 2.24) is 4.90 Å². The highest BCUT2D eigenvalue weighted by atomic mass is 32.2. The molecule has 1 aliphatic carbocycles. The van der Waals surface area contributed by atoms with Gasteiger partial charge in [-0.2, -0.15) is 0 Å². The molecule has 174 valence electrons. The molecule has 33 heavy (non-hydrogen) atoms. The van der Waals surface area contributed by atoms with Crippen LogP contribution >= 0.6 is 0 Å². The van der Waals surface area contributed by atoms with E-state index in [4.69, 9.17) is 4.74 Å². The molecule has 0 aromatic heterocycles. The van der Waals surface area contributed by atoms with Gasteiger partial charge in [0.05, 0.1) is 17.2 Å². The fraction of sp³-hybridized carbons (Fsp3) is 0.375. The molecule has 3 aliphatic rings. The summed E-state index contributed by atoms with van der Waals surface area (Å²) in [5.41, 5.74) is 0.735. The quantitative estimate of drug-likeness (QED) is 0.634. The topological polar surface area (TPSA) is 95.9 Å². The molecule has 2 fully saturated rings. The lowest BCUT2D eigenvalue weighted by Gasteiger charge is -2.21. The predicted octanol–water partition coefficient (Wildman–Crippen LogP) is 3.93. The number of ether oxygens (including phenoxy) is 1. The summed E-state index contributed by atoms with van der Waals surface area (Å²) >= 11 is 0. The number of fused-ring (bicyclic) bond motifs is 3. The van der Waals surface area contributed by atoms with E-state index in [1.54, 1.807) is 12.1 Å². The molecular formula is C24H25FN2O5S. The van der Waals surface area contributed by atoms with Crippen molar-refractivity contribution < 1.29 is 27.4 Å². The molecule has 9 heteroatoms. The Labute approximate surface area is 191 Å². The number of rotatable bonds is 7. The van der Waals surface area contributed by atoms with Crippen LogP contribution in [0.2, 0.25) is 0 Å². The fourth-order valence-electron chi connectivity index (χ4n) is 4.73. The van der Waals surface area contributed by atoms with Crippen LogP contribution < -0.4 is 9.46 Å². The Kier molecular flexibility index (Phi) is 5.62. The van der Waals surface area contributed by atoms with E-state index in [9.17, 15) is 22.7 Å². The van der Waals surface area contributed by atoms with Crippen molar-refractivity contribution in [1.29, 1.82) is 0 Å². The summed E-state index contributed by atoms with van der Waals surface area (Å²) in [5, 5.41) is 9.82. The Morgan fingerprint density at radius 2 is 2.03 bits per heavy atom. The van der Waals surface area contributed by atoms with Crippen molar-refractivity contribution in [2.45, 2.75) is 30.1 Å². The van der Waals surface area contributed by atoms with E-state index in [1.807, 2.05) is 6.08 Å². The van der Waals surface area contributed by atoms with Gasteiger partial charge in [-0.25, -0.2) is 17.6 Å². The van der Waals surface area contributed by atoms with Gasteiger partial charge in [-0.05, 0) is 73.7 Å². The third-order valence-electron chi connectivity index (χ3n) is 6.53.